The molecule has 0 radical (unpaired) electrons. The summed E-state index contributed by atoms with van der Waals surface area (Å²) in [4.78, 5) is 12.5. The van der Waals surface area contributed by atoms with Crippen LogP contribution >= 0.6 is 11.6 Å². The third kappa shape index (κ3) is 5.44. The van der Waals surface area contributed by atoms with Gasteiger partial charge in [-0.25, -0.2) is 21.6 Å². The maximum absolute atomic E-state index is 13.9. The van der Waals surface area contributed by atoms with Crippen LogP contribution in [-0.4, -0.2) is 49.8 Å². The highest BCUT2D eigenvalue weighted by atomic mass is 35.5. The monoisotopic (exact) mass is 575 g/mol. The van der Waals surface area contributed by atoms with E-state index in [1.54, 1.807) is 13.8 Å². The second kappa shape index (κ2) is 11.1. The van der Waals surface area contributed by atoms with Crippen LogP contribution in [0, 0.1) is 29.3 Å². The average Bonchev–Trinajstić information content (AvgIpc) is 3.15. The second-order valence-corrected chi connectivity index (χ2v) is 12.2. The fourth-order valence-electron chi connectivity index (χ4n) is 5.77. The minimum Gasteiger partial charge on any atom is -0.385 e. The van der Waals surface area contributed by atoms with Gasteiger partial charge in [0.2, 0.25) is 0 Å². The molecule has 0 heterocycles. The fraction of sp³-hybridized carbons (Fsp3) is 0.500. The van der Waals surface area contributed by atoms with E-state index in [-0.39, 0.29) is 45.8 Å². The van der Waals surface area contributed by atoms with Crippen LogP contribution in [0.15, 0.2) is 35.2 Å². The van der Waals surface area contributed by atoms with Gasteiger partial charge in [-0.1, -0.05) is 11.6 Å². The Bertz CT molecular complexity index is 1280. The molecule has 12 heteroatoms. The molecule has 2 fully saturated rings. The molecule has 2 aromatic rings. The van der Waals surface area contributed by atoms with Gasteiger partial charge in [-0.3, -0.25) is 4.79 Å². The van der Waals surface area contributed by atoms with Gasteiger partial charge in [0, 0.05) is 36.6 Å². The van der Waals surface area contributed by atoms with E-state index in [0.29, 0.717) is 38.2 Å². The average molecular weight is 576 g/mol. The Morgan fingerprint density at radius 3 is 2.16 bits per heavy atom. The quantitative estimate of drug-likeness (QED) is 0.319. The summed E-state index contributed by atoms with van der Waals surface area (Å²) in [5.74, 6) is -6.27. The number of rotatable bonds is 9. The first-order valence-electron chi connectivity index (χ1n) is 12.4. The molecule has 2 aromatic carbocycles. The lowest BCUT2D eigenvalue weighted by Gasteiger charge is -2.44. The van der Waals surface area contributed by atoms with Gasteiger partial charge in [-0.05, 0) is 69.6 Å². The molecule has 1 amide bonds. The van der Waals surface area contributed by atoms with Crippen molar-refractivity contribution < 1.29 is 41.0 Å². The second-order valence-electron chi connectivity index (χ2n) is 9.71. The number of hydrogen-bond donors (Lipinski definition) is 2. The Kier molecular flexibility index (Phi) is 8.44. The molecule has 7 nitrogen and oxygen atoms in total. The van der Waals surface area contributed by atoms with Crippen molar-refractivity contribution in [2.24, 2.45) is 11.8 Å². The number of halogens is 4. The Labute approximate surface area is 224 Å². The maximum Gasteiger partial charge on any atom is 0.255 e. The zero-order chi connectivity index (χ0) is 27.8. The van der Waals surface area contributed by atoms with Gasteiger partial charge >= 0.3 is 0 Å². The summed E-state index contributed by atoms with van der Waals surface area (Å²) in [6.45, 7) is 4.22. The number of ether oxygens (including phenoxy) is 2. The summed E-state index contributed by atoms with van der Waals surface area (Å²) in [5.41, 5.74) is -1.80. The number of benzene rings is 2. The Balaban J connectivity index is 1.60. The smallest absolute Gasteiger partial charge is 0.255 e. The highest BCUT2D eigenvalue weighted by Gasteiger charge is 2.57. The minimum absolute atomic E-state index is 0.0813. The minimum atomic E-state index is -4.05. The van der Waals surface area contributed by atoms with Crippen molar-refractivity contribution >= 4 is 33.0 Å². The van der Waals surface area contributed by atoms with E-state index < -0.39 is 50.3 Å². The molecular weight excluding hydrogens is 547 g/mol. The van der Waals surface area contributed by atoms with Crippen molar-refractivity contribution in [1.82, 2.24) is 0 Å². The van der Waals surface area contributed by atoms with Crippen LogP contribution < -0.4 is 5.32 Å². The standard InChI is InChI=1S/C26H29ClF3NO6S/c1-3-36-25(37-4-2)26(33)12-15-5-6-16(13-26)23(15)38(34,35)21-9-14(7-8-18(21)27)24(32)31-17-10-19(28)22(30)20(29)11-17/h7-11,15-16,23,25,33H,3-6,12-13H2,1-2H3,(H,31,32). The molecule has 0 spiro atoms. The molecular formula is C26H29ClF3NO6S. The lowest BCUT2D eigenvalue weighted by Crippen LogP contribution is -2.54. The number of carbonyl (C=O) groups excluding carboxylic acids is 1. The Morgan fingerprint density at radius 1 is 1.08 bits per heavy atom. The summed E-state index contributed by atoms with van der Waals surface area (Å²) in [5, 5.41) is 12.7. The molecule has 2 N–H and O–H groups in total. The molecule has 0 aliphatic heterocycles. The van der Waals surface area contributed by atoms with Gasteiger partial charge in [0.25, 0.3) is 5.91 Å². The van der Waals surface area contributed by atoms with Crippen molar-refractivity contribution in [1.29, 1.82) is 0 Å². The number of fused-ring (bicyclic) bond motifs is 2. The number of carbonyl (C=O) groups is 1. The Hall–Kier alpha value is -2.18. The van der Waals surface area contributed by atoms with Crippen molar-refractivity contribution in [3.05, 3.63) is 58.4 Å². The lowest BCUT2D eigenvalue weighted by molar-refractivity contribution is -0.249. The summed E-state index contributed by atoms with van der Waals surface area (Å²) in [7, 11) is -4.05. The largest absolute Gasteiger partial charge is 0.385 e. The topological polar surface area (TPSA) is 102 Å². The number of hydrogen-bond acceptors (Lipinski definition) is 6. The zero-order valence-electron chi connectivity index (χ0n) is 20.8. The molecule has 2 bridgehead atoms. The van der Waals surface area contributed by atoms with Crippen molar-refractivity contribution in [3.63, 3.8) is 0 Å². The van der Waals surface area contributed by atoms with Crippen LogP contribution in [0.1, 0.15) is 49.9 Å². The highest BCUT2D eigenvalue weighted by Crippen LogP contribution is 2.52. The predicted molar refractivity (Wildman–Crippen MR) is 134 cm³/mol. The molecule has 0 saturated heterocycles. The maximum atomic E-state index is 13.9. The van der Waals surface area contributed by atoms with Gasteiger partial charge in [0.05, 0.1) is 15.2 Å². The number of sulfone groups is 1. The van der Waals surface area contributed by atoms with E-state index in [1.165, 1.54) is 12.1 Å². The zero-order valence-corrected chi connectivity index (χ0v) is 22.4. The number of aliphatic hydroxyl groups is 1. The van der Waals surface area contributed by atoms with Gasteiger partial charge in [0.15, 0.2) is 33.6 Å². The van der Waals surface area contributed by atoms with Crippen LogP contribution in [0.3, 0.4) is 0 Å². The fourth-order valence-corrected chi connectivity index (χ4v) is 8.61. The lowest BCUT2D eigenvalue weighted by atomic mass is 9.76. The summed E-state index contributed by atoms with van der Waals surface area (Å²) in [6, 6.07) is 4.88. The van der Waals surface area contributed by atoms with Gasteiger partial charge < -0.3 is 19.9 Å². The first kappa shape index (κ1) is 28.8. The number of nitrogens with one attached hydrogen (secondary N) is 1. The number of amides is 1. The van der Waals surface area contributed by atoms with Crippen LogP contribution in [0.25, 0.3) is 0 Å². The molecule has 2 unspecified atom stereocenters. The van der Waals surface area contributed by atoms with Crippen molar-refractivity contribution in [2.75, 3.05) is 18.5 Å². The van der Waals surface area contributed by atoms with E-state index in [2.05, 4.69) is 5.32 Å². The van der Waals surface area contributed by atoms with Gasteiger partial charge in [-0.2, -0.15) is 0 Å². The SMILES string of the molecule is CCOC(OCC)C1(O)CC2CCC(C1)C2S(=O)(=O)c1cc(C(=O)Nc2cc(F)c(F)c(F)c2)ccc1Cl. The summed E-state index contributed by atoms with van der Waals surface area (Å²) >= 11 is 6.29. The molecule has 2 aliphatic rings. The van der Waals surface area contributed by atoms with Crippen LogP contribution in [0.5, 0.6) is 0 Å². The Morgan fingerprint density at radius 2 is 1.63 bits per heavy atom. The molecule has 2 saturated carbocycles. The van der Waals surface area contributed by atoms with E-state index in [0.717, 1.165) is 6.07 Å². The first-order chi connectivity index (χ1) is 17.9. The molecule has 2 atom stereocenters. The van der Waals surface area contributed by atoms with Crippen molar-refractivity contribution in [3.8, 4) is 0 Å². The van der Waals surface area contributed by atoms with Gasteiger partial charge in [0.1, 0.15) is 5.60 Å². The predicted octanol–water partition coefficient (Wildman–Crippen LogP) is 5.10. The summed E-state index contributed by atoms with van der Waals surface area (Å²) < 4.78 is 79.3. The first-order valence-corrected chi connectivity index (χ1v) is 14.3. The van der Waals surface area contributed by atoms with Gasteiger partial charge in [-0.15, -0.1) is 0 Å². The van der Waals surface area contributed by atoms with E-state index in [4.69, 9.17) is 21.1 Å². The number of anilines is 1. The van der Waals surface area contributed by atoms with E-state index in [9.17, 15) is 31.5 Å². The molecule has 4 rings (SSSR count). The van der Waals surface area contributed by atoms with E-state index in [1.807, 2.05) is 0 Å². The summed E-state index contributed by atoms with van der Waals surface area (Å²) in [6.07, 6.45) is 0.624. The van der Waals surface area contributed by atoms with Crippen molar-refractivity contribution in [2.45, 2.75) is 61.6 Å². The normalized spacial score (nSPS) is 25.1. The molecule has 38 heavy (non-hydrogen) atoms. The molecule has 0 aromatic heterocycles. The third-order valence-electron chi connectivity index (χ3n) is 7.24. The highest BCUT2D eigenvalue weighted by molar-refractivity contribution is 7.92. The van der Waals surface area contributed by atoms with Crippen LogP contribution in [0.4, 0.5) is 18.9 Å². The van der Waals surface area contributed by atoms with Crippen LogP contribution in [0.2, 0.25) is 5.02 Å². The third-order valence-corrected chi connectivity index (χ3v) is 10.1. The molecule has 208 valence electrons. The molecule has 2 aliphatic carbocycles. The van der Waals surface area contributed by atoms with E-state index >= 15 is 0 Å². The van der Waals surface area contributed by atoms with Crippen LogP contribution in [-0.2, 0) is 19.3 Å².